The normalized spacial score (nSPS) is 12.5. The minimum absolute atomic E-state index is 0.417. The van der Waals surface area contributed by atoms with Crippen LogP contribution >= 0.6 is 15.9 Å². The average molecular weight is 271 g/mol. The molecule has 0 radical (unpaired) electrons. The fraction of sp³-hybridized carbons (Fsp3) is 0.417. The Hall–Kier alpha value is -0.830. The maximum Gasteiger partial charge on any atom is 0.311 e. The van der Waals surface area contributed by atoms with E-state index in [0.29, 0.717) is 6.42 Å². The summed E-state index contributed by atoms with van der Waals surface area (Å²) in [5.41, 5.74) is 3.02. The van der Waals surface area contributed by atoms with Gasteiger partial charge in [-0.05, 0) is 37.0 Å². The van der Waals surface area contributed by atoms with Gasteiger partial charge in [0.25, 0.3) is 0 Å². The number of halogens is 1. The summed E-state index contributed by atoms with van der Waals surface area (Å²) in [6, 6.07) is 3.97. The molecule has 0 spiro atoms. The van der Waals surface area contributed by atoms with Crippen LogP contribution in [-0.4, -0.2) is 11.1 Å². The SMILES string of the molecule is CCC(C(=O)O)c1c(C)ccc(C)c1Br. The van der Waals surface area contributed by atoms with Gasteiger partial charge in [0.2, 0.25) is 0 Å². The van der Waals surface area contributed by atoms with Crippen molar-refractivity contribution in [1.82, 2.24) is 0 Å². The highest BCUT2D eigenvalue weighted by molar-refractivity contribution is 9.10. The lowest BCUT2D eigenvalue weighted by molar-refractivity contribution is -0.138. The predicted octanol–water partition coefficient (Wildman–Crippen LogP) is 3.64. The Morgan fingerprint density at radius 2 is 1.93 bits per heavy atom. The first-order valence-corrected chi connectivity index (χ1v) is 5.76. The molecule has 2 nitrogen and oxygen atoms in total. The van der Waals surface area contributed by atoms with E-state index < -0.39 is 11.9 Å². The number of carbonyl (C=O) groups is 1. The molecule has 0 aromatic heterocycles. The Balaban J connectivity index is 3.34. The van der Waals surface area contributed by atoms with Gasteiger partial charge in [-0.25, -0.2) is 0 Å². The highest BCUT2D eigenvalue weighted by atomic mass is 79.9. The van der Waals surface area contributed by atoms with Crippen LogP contribution < -0.4 is 0 Å². The maximum absolute atomic E-state index is 11.1. The van der Waals surface area contributed by atoms with Crippen LogP contribution in [0.2, 0.25) is 0 Å². The van der Waals surface area contributed by atoms with Crippen molar-refractivity contribution in [2.24, 2.45) is 0 Å². The number of carboxylic acids is 1. The van der Waals surface area contributed by atoms with E-state index in [2.05, 4.69) is 15.9 Å². The number of benzene rings is 1. The third-order valence-electron chi connectivity index (χ3n) is 2.65. The van der Waals surface area contributed by atoms with Gasteiger partial charge in [0.1, 0.15) is 0 Å². The van der Waals surface area contributed by atoms with Gasteiger partial charge in [-0.1, -0.05) is 35.0 Å². The van der Waals surface area contributed by atoms with Crippen LogP contribution in [0.3, 0.4) is 0 Å². The summed E-state index contributed by atoms with van der Waals surface area (Å²) >= 11 is 3.48. The minimum Gasteiger partial charge on any atom is -0.481 e. The molecule has 1 unspecified atom stereocenters. The summed E-state index contributed by atoms with van der Waals surface area (Å²) in [7, 11) is 0. The number of hydrogen-bond acceptors (Lipinski definition) is 1. The van der Waals surface area contributed by atoms with Gasteiger partial charge in [0.15, 0.2) is 0 Å². The Morgan fingerprint density at radius 1 is 1.40 bits per heavy atom. The van der Waals surface area contributed by atoms with Crippen molar-refractivity contribution in [1.29, 1.82) is 0 Å². The Kier molecular flexibility index (Phi) is 3.91. The molecule has 0 saturated carbocycles. The quantitative estimate of drug-likeness (QED) is 0.911. The molecular formula is C12H15BrO2. The van der Waals surface area contributed by atoms with E-state index in [1.54, 1.807) is 0 Å². The van der Waals surface area contributed by atoms with Crippen LogP contribution in [0.1, 0.15) is 36.0 Å². The van der Waals surface area contributed by atoms with E-state index in [1.807, 2.05) is 32.9 Å². The molecule has 0 aliphatic heterocycles. The average Bonchev–Trinajstić information content (AvgIpc) is 2.18. The van der Waals surface area contributed by atoms with Gasteiger partial charge >= 0.3 is 5.97 Å². The lowest BCUT2D eigenvalue weighted by atomic mass is 9.91. The molecule has 0 aliphatic rings. The molecule has 0 fully saturated rings. The monoisotopic (exact) mass is 270 g/mol. The van der Waals surface area contributed by atoms with E-state index in [0.717, 1.165) is 21.2 Å². The van der Waals surface area contributed by atoms with Crippen LogP contribution in [0.4, 0.5) is 0 Å². The molecule has 1 rings (SSSR count). The van der Waals surface area contributed by atoms with Gasteiger partial charge < -0.3 is 5.11 Å². The summed E-state index contributed by atoms with van der Waals surface area (Å²) in [6.45, 7) is 5.82. The number of hydrogen-bond donors (Lipinski definition) is 1. The van der Waals surface area contributed by atoms with Crippen molar-refractivity contribution in [3.8, 4) is 0 Å². The summed E-state index contributed by atoms with van der Waals surface area (Å²) in [4.78, 5) is 11.1. The molecule has 0 amide bonds. The first-order chi connectivity index (χ1) is 6.99. The molecule has 1 atom stereocenters. The molecule has 0 heterocycles. The third-order valence-corrected chi connectivity index (χ3v) is 3.70. The molecule has 0 saturated heterocycles. The van der Waals surface area contributed by atoms with Crippen LogP contribution in [-0.2, 0) is 4.79 Å². The van der Waals surface area contributed by atoms with Gasteiger partial charge in [0, 0.05) is 4.47 Å². The first-order valence-electron chi connectivity index (χ1n) is 4.97. The van der Waals surface area contributed by atoms with Crippen molar-refractivity contribution >= 4 is 21.9 Å². The van der Waals surface area contributed by atoms with Crippen LogP contribution in [0, 0.1) is 13.8 Å². The number of rotatable bonds is 3. The van der Waals surface area contributed by atoms with Crippen molar-refractivity contribution < 1.29 is 9.90 Å². The fourth-order valence-electron chi connectivity index (χ4n) is 1.73. The zero-order chi connectivity index (χ0) is 11.6. The fourth-order valence-corrected chi connectivity index (χ4v) is 2.45. The van der Waals surface area contributed by atoms with Crippen molar-refractivity contribution in [3.05, 3.63) is 33.3 Å². The second-order valence-corrected chi connectivity index (χ2v) is 4.52. The topological polar surface area (TPSA) is 37.3 Å². The maximum atomic E-state index is 11.1. The highest BCUT2D eigenvalue weighted by Gasteiger charge is 2.22. The van der Waals surface area contributed by atoms with E-state index in [1.165, 1.54) is 0 Å². The van der Waals surface area contributed by atoms with E-state index in [4.69, 9.17) is 5.11 Å². The Bertz CT molecular complexity index is 385. The zero-order valence-corrected chi connectivity index (χ0v) is 10.8. The first kappa shape index (κ1) is 12.2. The summed E-state index contributed by atoms with van der Waals surface area (Å²) in [5, 5.41) is 9.15. The Morgan fingerprint density at radius 3 is 2.40 bits per heavy atom. The predicted molar refractivity (Wildman–Crippen MR) is 64.3 cm³/mol. The second-order valence-electron chi connectivity index (χ2n) is 3.73. The lowest BCUT2D eigenvalue weighted by Crippen LogP contribution is -2.13. The lowest BCUT2D eigenvalue weighted by Gasteiger charge is -2.16. The van der Waals surface area contributed by atoms with Crippen molar-refractivity contribution in [2.75, 3.05) is 0 Å². The molecule has 3 heteroatoms. The standard InChI is InChI=1S/C12H15BrO2/c1-4-9(12(14)15)10-7(2)5-6-8(3)11(10)13/h5-6,9H,4H2,1-3H3,(H,14,15). The molecule has 1 N–H and O–H groups in total. The van der Waals surface area contributed by atoms with Gasteiger partial charge in [0.05, 0.1) is 5.92 Å². The molecule has 0 aliphatic carbocycles. The van der Waals surface area contributed by atoms with Crippen molar-refractivity contribution in [2.45, 2.75) is 33.1 Å². The van der Waals surface area contributed by atoms with Crippen molar-refractivity contribution in [3.63, 3.8) is 0 Å². The molecule has 1 aromatic carbocycles. The van der Waals surface area contributed by atoms with Gasteiger partial charge in [-0.3, -0.25) is 4.79 Å². The summed E-state index contributed by atoms with van der Waals surface area (Å²) in [5.74, 6) is -1.17. The minimum atomic E-state index is -0.757. The van der Waals surface area contributed by atoms with E-state index >= 15 is 0 Å². The van der Waals surface area contributed by atoms with Crippen LogP contribution in [0.25, 0.3) is 0 Å². The molecule has 82 valence electrons. The smallest absolute Gasteiger partial charge is 0.311 e. The van der Waals surface area contributed by atoms with Gasteiger partial charge in [-0.2, -0.15) is 0 Å². The molecule has 15 heavy (non-hydrogen) atoms. The third kappa shape index (κ3) is 2.40. The molecular weight excluding hydrogens is 256 g/mol. The zero-order valence-electron chi connectivity index (χ0n) is 9.17. The Labute approximate surface area is 98.4 Å². The van der Waals surface area contributed by atoms with Crippen LogP contribution in [0.5, 0.6) is 0 Å². The highest BCUT2D eigenvalue weighted by Crippen LogP contribution is 2.32. The number of aryl methyl sites for hydroxylation is 2. The molecule has 1 aromatic rings. The summed E-state index contributed by atoms with van der Waals surface area (Å²) < 4.78 is 0.928. The van der Waals surface area contributed by atoms with Crippen LogP contribution in [0.15, 0.2) is 16.6 Å². The van der Waals surface area contributed by atoms with Gasteiger partial charge in [-0.15, -0.1) is 0 Å². The van der Waals surface area contributed by atoms with E-state index in [9.17, 15) is 4.79 Å². The van der Waals surface area contributed by atoms with E-state index in [-0.39, 0.29) is 0 Å². The second kappa shape index (κ2) is 4.79. The molecule has 0 bridgehead atoms. The number of carboxylic acid groups (broad SMARTS) is 1. The largest absolute Gasteiger partial charge is 0.481 e. The number of aliphatic carboxylic acids is 1. The summed E-state index contributed by atoms with van der Waals surface area (Å²) in [6.07, 6.45) is 0.609.